The van der Waals surface area contributed by atoms with Gasteiger partial charge in [-0.25, -0.2) is 0 Å². The van der Waals surface area contributed by atoms with Crippen LogP contribution in [0.5, 0.6) is 0 Å². The lowest BCUT2D eigenvalue weighted by Gasteiger charge is -2.26. The molecule has 0 spiro atoms. The van der Waals surface area contributed by atoms with Crippen LogP contribution in [0.2, 0.25) is 0 Å². The van der Waals surface area contributed by atoms with Crippen LogP contribution in [0.1, 0.15) is 0 Å². The lowest BCUT2D eigenvalue weighted by molar-refractivity contribution is 0.673. The molecule has 0 atom stereocenters. The van der Waals surface area contributed by atoms with Crippen molar-refractivity contribution in [1.82, 2.24) is 0 Å². The first-order valence-electron chi connectivity index (χ1n) is 14.5. The van der Waals surface area contributed by atoms with Crippen LogP contribution in [-0.4, -0.2) is 0 Å². The molecule has 0 N–H and O–H groups in total. The Morgan fingerprint density at radius 2 is 1.16 bits per heavy atom. The molecule has 0 aliphatic heterocycles. The monoisotopic (exact) mass is 567 g/mol. The van der Waals surface area contributed by atoms with Gasteiger partial charge >= 0.3 is 0 Å². The molecule has 3 heteroatoms. The van der Waals surface area contributed by atoms with E-state index < -0.39 is 0 Å². The summed E-state index contributed by atoms with van der Waals surface area (Å²) in [6.45, 7) is 0. The maximum Gasteiger partial charge on any atom is 0.144 e. The van der Waals surface area contributed by atoms with E-state index in [1.54, 1.807) is 0 Å². The molecule has 7 aromatic carbocycles. The van der Waals surface area contributed by atoms with E-state index in [9.17, 15) is 0 Å². The highest BCUT2D eigenvalue weighted by Crippen LogP contribution is 2.49. The second kappa shape index (κ2) is 9.59. The Kier molecular flexibility index (Phi) is 5.40. The van der Waals surface area contributed by atoms with Gasteiger partial charge in [-0.1, -0.05) is 103 Å². The molecule has 2 heterocycles. The zero-order valence-electron chi connectivity index (χ0n) is 23.2. The minimum atomic E-state index is 0.914. The van der Waals surface area contributed by atoms with E-state index in [-0.39, 0.29) is 0 Å². The molecule has 0 aliphatic carbocycles. The first-order valence-corrected chi connectivity index (χ1v) is 15.3. The number of fused-ring (bicyclic) bond motifs is 8. The first kappa shape index (κ1) is 24.2. The van der Waals surface area contributed by atoms with Crippen molar-refractivity contribution in [3.05, 3.63) is 152 Å². The third-order valence-corrected chi connectivity index (χ3v) is 9.63. The number of benzene rings is 7. The van der Waals surface area contributed by atoms with Crippen molar-refractivity contribution in [1.29, 1.82) is 0 Å². The number of nitrogens with zero attached hydrogens (tertiary/aromatic N) is 1. The molecule has 0 saturated carbocycles. The fraction of sp³-hybridized carbons (Fsp3) is 0. The van der Waals surface area contributed by atoms with Crippen molar-refractivity contribution in [3.8, 4) is 11.1 Å². The van der Waals surface area contributed by atoms with Crippen LogP contribution in [-0.2, 0) is 0 Å². The molecule has 0 unspecified atom stereocenters. The fourth-order valence-electron chi connectivity index (χ4n) is 6.39. The summed E-state index contributed by atoms with van der Waals surface area (Å²) in [6.07, 6.45) is 0. The molecule has 0 radical (unpaired) electrons. The zero-order valence-corrected chi connectivity index (χ0v) is 24.0. The van der Waals surface area contributed by atoms with Crippen LogP contribution in [0.25, 0.3) is 64.0 Å². The van der Waals surface area contributed by atoms with Gasteiger partial charge in [0.05, 0.1) is 10.4 Å². The summed E-state index contributed by atoms with van der Waals surface area (Å²) in [5.41, 5.74) is 7.67. The Balaban J connectivity index is 1.29. The molecule has 0 fully saturated rings. The maximum absolute atomic E-state index is 6.56. The number of rotatable bonds is 4. The summed E-state index contributed by atoms with van der Waals surface area (Å²) in [5, 5.41) is 7.19. The summed E-state index contributed by atoms with van der Waals surface area (Å²) in [5.74, 6) is 0. The highest BCUT2D eigenvalue weighted by atomic mass is 32.1. The standard InChI is InChI=1S/C40H25NOS/c1-2-12-30(13-3-1)41(31-22-20-27(21-23-31)29-19-18-26-10-4-5-11-28(26)24-29)35-25-34-32-14-6-8-16-36(32)42-39(34)38-33-15-7-9-17-37(33)43-40(35)38/h1-25H. The van der Waals surface area contributed by atoms with Gasteiger partial charge in [0.2, 0.25) is 0 Å². The first-order chi connectivity index (χ1) is 21.3. The van der Waals surface area contributed by atoms with E-state index in [4.69, 9.17) is 4.42 Å². The Morgan fingerprint density at radius 1 is 0.488 bits per heavy atom. The van der Waals surface area contributed by atoms with Gasteiger partial charge in [-0.15, -0.1) is 11.3 Å². The smallest absolute Gasteiger partial charge is 0.144 e. The van der Waals surface area contributed by atoms with Gasteiger partial charge < -0.3 is 9.32 Å². The molecule has 9 rings (SSSR count). The second-order valence-electron chi connectivity index (χ2n) is 11.0. The van der Waals surface area contributed by atoms with Crippen molar-refractivity contribution in [2.45, 2.75) is 0 Å². The van der Waals surface area contributed by atoms with Crippen molar-refractivity contribution >= 4 is 81.3 Å². The molecule has 9 aromatic rings. The summed E-state index contributed by atoms with van der Waals surface area (Å²) in [6, 6.07) is 54.2. The Labute approximate surface area is 252 Å². The van der Waals surface area contributed by atoms with Crippen LogP contribution < -0.4 is 4.90 Å². The number of hydrogen-bond donors (Lipinski definition) is 0. The van der Waals surface area contributed by atoms with Crippen molar-refractivity contribution in [2.24, 2.45) is 0 Å². The minimum Gasteiger partial charge on any atom is -0.455 e. The van der Waals surface area contributed by atoms with Crippen LogP contribution in [0.15, 0.2) is 156 Å². The molecule has 0 aliphatic rings. The minimum absolute atomic E-state index is 0.914. The maximum atomic E-state index is 6.56. The highest BCUT2D eigenvalue weighted by molar-refractivity contribution is 7.26. The molecule has 0 amide bonds. The predicted molar refractivity (Wildman–Crippen MR) is 184 cm³/mol. The Hall–Kier alpha value is -5.38. The number of hydrogen-bond acceptors (Lipinski definition) is 3. The number of furan rings is 1. The summed E-state index contributed by atoms with van der Waals surface area (Å²) in [4.78, 5) is 2.39. The van der Waals surface area contributed by atoms with Gasteiger partial charge in [0.15, 0.2) is 0 Å². The van der Waals surface area contributed by atoms with E-state index in [1.807, 2.05) is 17.4 Å². The number of thiophene rings is 1. The zero-order chi connectivity index (χ0) is 28.3. The van der Waals surface area contributed by atoms with E-state index in [1.165, 1.54) is 42.1 Å². The normalized spacial score (nSPS) is 11.7. The van der Waals surface area contributed by atoms with Crippen molar-refractivity contribution < 1.29 is 4.42 Å². The molecular weight excluding hydrogens is 543 g/mol. The summed E-state index contributed by atoms with van der Waals surface area (Å²) >= 11 is 1.83. The molecule has 0 saturated heterocycles. The number of anilines is 3. The second-order valence-corrected chi connectivity index (χ2v) is 12.0. The highest BCUT2D eigenvalue weighted by Gasteiger charge is 2.23. The van der Waals surface area contributed by atoms with E-state index in [0.29, 0.717) is 0 Å². The van der Waals surface area contributed by atoms with Gasteiger partial charge in [0.25, 0.3) is 0 Å². The third kappa shape index (κ3) is 3.86. The summed E-state index contributed by atoms with van der Waals surface area (Å²) < 4.78 is 9.04. The quantitative estimate of drug-likeness (QED) is 0.210. The third-order valence-electron chi connectivity index (χ3n) is 8.43. The fourth-order valence-corrected chi connectivity index (χ4v) is 7.60. The van der Waals surface area contributed by atoms with Crippen LogP contribution in [0.4, 0.5) is 17.1 Å². The van der Waals surface area contributed by atoms with Gasteiger partial charge in [-0.2, -0.15) is 0 Å². The SMILES string of the molecule is c1ccc(N(c2ccc(-c3ccc4ccccc4c3)cc2)c2cc3c4ccccc4oc3c3c2sc2ccccc23)cc1. The van der Waals surface area contributed by atoms with Gasteiger partial charge in [0.1, 0.15) is 11.2 Å². The lowest BCUT2D eigenvalue weighted by Crippen LogP contribution is -2.10. The molecule has 2 nitrogen and oxygen atoms in total. The molecule has 0 bridgehead atoms. The average Bonchev–Trinajstić information content (AvgIpc) is 3.64. The van der Waals surface area contributed by atoms with Gasteiger partial charge in [0, 0.05) is 37.6 Å². The van der Waals surface area contributed by atoms with Gasteiger partial charge in [-0.05, 0) is 70.4 Å². The summed E-state index contributed by atoms with van der Waals surface area (Å²) in [7, 11) is 0. The van der Waals surface area contributed by atoms with Gasteiger partial charge in [-0.3, -0.25) is 0 Å². The average molecular weight is 568 g/mol. The Bertz CT molecular complexity index is 2450. The van der Waals surface area contributed by atoms with E-state index >= 15 is 0 Å². The molecular formula is C40H25NOS. The van der Waals surface area contributed by atoms with E-state index in [0.717, 1.165) is 39.0 Å². The van der Waals surface area contributed by atoms with Crippen LogP contribution in [0, 0.1) is 0 Å². The lowest BCUT2D eigenvalue weighted by atomic mass is 10.0. The van der Waals surface area contributed by atoms with Crippen molar-refractivity contribution in [3.63, 3.8) is 0 Å². The predicted octanol–water partition coefficient (Wildman–Crippen LogP) is 12.2. The topological polar surface area (TPSA) is 16.4 Å². The number of para-hydroxylation sites is 2. The van der Waals surface area contributed by atoms with Crippen molar-refractivity contribution in [2.75, 3.05) is 4.90 Å². The largest absolute Gasteiger partial charge is 0.455 e. The van der Waals surface area contributed by atoms with E-state index in [2.05, 4.69) is 150 Å². The molecule has 202 valence electrons. The molecule has 43 heavy (non-hydrogen) atoms. The van der Waals surface area contributed by atoms with Crippen LogP contribution >= 0.6 is 11.3 Å². The Morgan fingerprint density at radius 3 is 2.02 bits per heavy atom. The van der Waals surface area contributed by atoms with Crippen LogP contribution in [0.3, 0.4) is 0 Å². The molecule has 2 aromatic heterocycles.